The Morgan fingerprint density at radius 1 is 0.943 bits per heavy atom. The number of amides is 1. The Morgan fingerprint density at radius 3 is 2.26 bits per heavy atom. The van der Waals surface area contributed by atoms with Crippen molar-refractivity contribution in [3.05, 3.63) is 104 Å². The van der Waals surface area contributed by atoms with E-state index < -0.39 is 23.8 Å². The molecule has 3 aromatic carbocycles. The lowest BCUT2D eigenvalue weighted by atomic mass is 9.99. The molecule has 2 atom stereocenters. The largest absolute Gasteiger partial charge is 0.390 e. The molecule has 7 heteroatoms. The van der Waals surface area contributed by atoms with Crippen LogP contribution < -0.4 is 10.6 Å². The molecule has 0 unspecified atom stereocenters. The minimum Gasteiger partial charge on any atom is -0.390 e. The van der Waals surface area contributed by atoms with Gasteiger partial charge in [0, 0.05) is 22.7 Å². The van der Waals surface area contributed by atoms with Crippen LogP contribution in [0.4, 0.5) is 8.78 Å². The minimum absolute atomic E-state index is 0.0960. The Hall–Kier alpha value is -2.36. The van der Waals surface area contributed by atoms with Crippen LogP contribution in [0.25, 0.3) is 0 Å². The Balaban J connectivity index is 1.66. The summed E-state index contributed by atoms with van der Waals surface area (Å²) in [6.45, 7) is 4.97. The van der Waals surface area contributed by atoms with E-state index in [1.165, 1.54) is 17.7 Å². The lowest BCUT2D eigenvalue weighted by molar-refractivity contribution is -0.122. The van der Waals surface area contributed by atoms with Gasteiger partial charge in [-0.3, -0.25) is 4.79 Å². The molecule has 186 valence electrons. The highest BCUT2D eigenvalue weighted by Crippen LogP contribution is 2.16. The van der Waals surface area contributed by atoms with Gasteiger partial charge in [0.2, 0.25) is 5.91 Å². The molecule has 3 aromatic rings. The van der Waals surface area contributed by atoms with Crippen LogP contribution >= 0.6 is 22.6 Å². The lowest BCUT2D eigenvalue weighted by Gasteiger charge is -2.25. The summed E-state index contributed by atoms with van der Waals surface area (Å²) in [7, 11) is 0. The first-order chi connectivity index (χ1) is 16.7. The van der Waals surface area contributed by atoms with Gasteiger partial charge in [0.1, 0.15) is 11.6 Å². The average molecular weight is 592 g/mol. The number of nitrogens with one attached hydrogen (secondary N) is 2. The van der Waals surface area contributed by atoms with Crippen molar-refractivity contribution in [2.75, 3.05) is 6.54 Å². The number of hydrogen-bond donors (Lipinski definition) is 3. The zero-order valence-electron chi connectivity index (χ0n) is 19.9. The zero-order chi connectivity index (χ0) is 25.4. The van der Waals surface area contributed by atoms with E-state index in [4.69, 9.17) is 0 Å². The fourth-order valence-corrected chi connectivity index (χ4v) is 4.49. The molecule has 0 heterocycles. The first-order valence-corrected chi connectivity index (χ1v) is 12.7. The molecular weight excluding hydrogens is 561 g/mol. The molecule has 3 N–H and O–H groups in total. The predicted octanol–water partition coefficient (Wildman–Crippen LogP) is 5.11. The first kappa shape index (κ1) is 27.2. The van der Waals surface area contributed by atoms with Crippen LogP contribution in [-0.4, -0.2) is 29.7 Å². The van der Waals surface area contributed by atoms with Gasteiger partial charge in [-0.15, -0.1) is 0 Å². The maximum Gasteiger partial charge on any atom is 0.224 e. The van der Waals surface area contributed by atoms with Gasteiger partial charge in [-0.2, -0.15) is 0 Å². The summed E-state index contributed by atoms with van der Waals surface area (Å²) in [5.74, 6) is -1.25. The van der Waals surface area contributed by atoms with Crippen LogP contribution in [0.2, 0.25) is 0 Å². The quantitative estimate of drug-likeness (QED) is 0.271. The van der Waals surface area contributed by atoms with Crippen LogP contribution in [-0.2, 0) is 24.2 Å². The average Bonchev–Trinajstić information content (AvgIpc) is 2.78. The summed E-state index contributed by atoms with van der Waals surface area (Å²) in [6.07, 6.45) is -0.718. The molecular formula is C28H31F2IN2O2. The second-order valence-corrected chi connectivity index (χ2v) is 10.3. The number of aliphatic hydroxyl groups excluding tert-OH is 1. The van der Waals surface area contributed by atoms with E-state index in [0.717, 1.165) is 20.8 Å². The van der Waals surface area contributed by atoms with Gasteiger partial charge in [0.25, 0.3) is 0 Å². The topological polar surface area (TPSA) is 61.4 Å². The molecule has 3 rings (SSSR count). The maximum absolute atomic E-state index is 13.7. The molecule has 0 spiro atoms. The summed E-state index contributed by atoms with van der Waals surface area (Å²) in [6, 6.07) is 18.4. The second-order valence-electron chi connectivity index (χ2n) is 9.06. The number of benzene rings is 3. The highest BCUT2D eigenvalue weighted by Gasteiger charge is 2.22. The molecule has 0 aliphatic heterocycles. The molecule has 1 amide bonds. The second kappa shape index (κ2) is 13.1. The van der Waals surface area contributed by atoms with Crippen molar-refractivity contribution in [2.24, 2.45) is 0 Å². The molecule has 0 bridgehead atoms. The molecule has 0 saturated carbocycles. The normalized spacial score (nSPS) is 13.0. The minimum atomic E-state index is -0.962. The van der Waals surface area contributed by atoms with Crippen LogP contribution in [0.15, 0.2) is 66.7 Å². The molecule has 0 aromatic heterocycles. The SMILES string of the molecule is CC(C)c1ccc(CC(=O)N[C@@H](Cc2cc(F)cc(F)c2)[C@@H](O)CNCc2cccc(I)c2)cc1. The first-order valence-electron chi connectivity index (χ1n) is 11.7. The summed E-state index contributed by atoms with van der Waals surface area (Å²) < 4.78 is 28.6. The van der Waals surface area contributed by atoms with Crippen molar-refractivity contribution in [3.8, 4) is 0 Å². The summed E-state index contributed by atoms with van der Waals surface area (Å²) in [5, 5.41) is 17.0. The maximum atomic E-state index is 13.7. The predicted molar refractivity (Wildman–Crippen MR) is 143 cm³/mol. The smallest absolute Gasteiger partial charge is 0.224 e. The summed E-state index contributed by atoms with van der Waals surface area (Å²) >= 11 is 2.24. The zero-order valence-corrected chi connectivity index (χ0v) is 22.1. The van der Waals surface area contributed by atoms with Crippen LogP contribution in [0.5, 0.6) is 0 Å². The fourth-order valence-electron chi connectivity index (χ4n) is 3.88. The third kappa shape index (κ3) is 8.98. The van der Waals surface area contributed by atoms with E-state index in [-0.39, 0.29) is 25.3 Å². The molecule has 0 aliphatic rings. The summed E-state index contributed by atoms with van der Waals surface area (Å²) in [4.78, 5) is 12.8. The monoisotopic (exact) mass is 592 g/mol. The number of carbonyl (C=O) groups excluding carboxylic acids is 1. The van der Waals surface area contributed by atoms with E-state index in [9.17, 15) is 18.7 Å². The van der Waals surface area contributed by atoms with Gasteiger partial charge in [0.15, 0.2) is 0 Å². The van der Waals surface area contributed by atoms with Crippen molar-refractivity contribution in [1.82, 2.24) is 10.6 Å². The molecule has 0 fully saturated rings. The number of aliphatic hydroxyl groups is 1. The van der Waals surface area contributed by atoms with Crippen LogP contribution in [0.3, 0.4) is 0 Å². The van der Waals surface area contributed by atoms with E-state index in [0.29, 0.717) is 18.0 Å². The van der Waals surface area contributed by atoms with Gasteiger partial charge in [-0.25, -0.2) is 8.78 Å². The molecule has 35 heavy (non-hydrogen) atoms. The Morgan fingerprint density at radius 2 is 1.63 bits per heavy atom. The van der Waals surface area contributed by atoms with E-state index in [1.807, 2.05) is 48.5 Å². The van der Waals surface area contributed by atoms with E-state index in [1.54, 1.807) is 0 Å². The van der Waals surface area contributed by atoms with Gasteiger partial charge >= 0.3 is 0 Å². The van der Waals surface area contributed by atoms with Crippen LogP contribution in [0.1, 0.15) is 42.0 Å². The highest BCUT2D eigenvalue weighted by molar-refractivity contribution is 14.1. The standard InChI is InChI=1S/C28H31F2IN2O2/c1-18(2)22-8-6-19(7-9-22)14-28(35)33-26(13-21-10-23(29)15-24(30)11-21)27(34)17-32-16-20-4-3-5-25(31)12-20/h3-12,15,18,26-27,32,34H,13-14,16-17H2,1-2H3,(H,33,35)/t26-,27-/m0/s1. The number of hydrogen-bond acceptors (Lipinski definition) is 3. The van der Waals surface area contributed by atoms with Gasteiger partial charge in [0.05, 0.1) is 18.6 Å². The Kier molecular flexibility index (Phi) is 10.2. The van der Waals surface area contributed by atoms with E-state index >= 15 is 0 Å². The number of halogens is 3. The fraction of sp³-hybridized carbons (Fsp3) is 0.321. The van der Waals surface area contributed by atoms with Gasteiger partial charge < -0.3 is 15.7 Å². The Bertz CT molecular complexity index is 1100. The lowest BCUT2D eigenvalue weighted by Crippen LogP contribution is -2.49. The van der Waals surface area contributed by atoms with Crippen molar-refractivity contribution >= 4 is 28.5 Å². The van der Waals surface area contributed by atoms with Crippen molar-refractivity contribution in [1.29, 1.82) is 0 Å². The van der Waals surface area contributed by atoms with Crippen molar-refractivity contribution in [2.45, 2.75) is 51.3 Å². The number of carbonyl (C=O) groups is 1. The van der Waals surface area contributed by atoms with Crippen LogP contribution in [0, 0.1) is 15.2 Å². The van der Waals surface area contributed by atoms with E-state index in [2.05, 4.69) is 47.1 Å². The Labute approximate surface area is 219 Å². The number of rotatable bonds is 11. The molecule has 0 saturated heterocycles. The molecule has 4 nitrogen and oxygen atoms in total. The highest BCUT2D eigenvalue weighted by atomic mass is 127. The van der Waals surface area contributed by atoms with Gasteiger partial charge in [-0.1, -0.05) is 50.2 Å². The van der Waals surface area contributed by atoms with Gasteiger partial charge in [-0.05, 0) is 81.4 Å². The molecule has 0 aliphatic carbocycles. The van der Waals surface area contributed by atoms with Crippen molar-refractivity contribution in [3.63, 3.8) is 0 Å². The van der Waals surface area contributed by atoms with Crippen molar-refractivity contribution < 1.29 is 18.7 Å². The third-order valence-electron chi connectivity index (χ3n) is 5.77. The third-order valence-corrected chi connectivity index (χ3v) is 6.44. The summed E-state index contributed by atoms with van der Waals surface area (Å²) in [5.41, 5.74) is 3.48. The molecule has 0 radical (unpaired) electrons.